The highest BCUT2D eigenvalue weighted by molar-refractivity contribution is 7.98. The zero-order valence-corrected chi connectivity index (χ0v) is 15.4. The lowest BCUT2D eigenvalue weighted by molar-refractivity contribution is 0.699. The van der Waals surface area contributed by atoms with Crippen LogP contribution in [0.2, 0.25) is 0 Å². The van der Waals surface area contributed by atoms with Crippen molar-refractivity contribution < 1.29 is 0 Å². The normalized spacial score (nSPS) is 14.3. The maximum Gasteiger partial charge on any atom is 0.268 e. The monoisotopic (exact) mass is 368 g/mol. The number of thioether (sulfide) groups is 1. The lowest BCUT2D eigenvalue weighted by atomic mass is 9.97. The molecule has 0 aliphatic heterocycles. The Balaban J connectivity index is 2.01. The molecule has 5 rings (SSSR count). The van der Waals surface area contributed by atoms with Gasteiger partial charge in [0.2, 0.25) is 5.78 Å². The Kier molecular flexibility index (Phi) is 3.46. The molecule has 1 aliphatic carbocycles. The number of rotatable bonds is 2. The van der Waals surface area contributed by atoms with Crippen molar-refractivity contribution >= 4 is 39.1 Å². The molecule has 0 saturated carbocycles. The highest BCUT2D eigenvalue weighted by atomic mass is 32.2. The van der Waals surface area contributed by atoms with Gasteiger partial charge in [0, 0.05) is 4.88 Å². The standard InChI is InChI=1S/C18H16N4OS2/c1-24-18-20-19-17-21(11-7-3-2-4-8-11)15(23)14-12-9-5-6-10-13(12)25-16(14)22(17)18/h2-4,7-8H,5-6,9-10H2,1H3. The zero-order valence-electron chi connectivity index (χ0n) is 13.7. The Labute approximate surface area is 152 Å². The number of nitrogens with zero attached hydrogens (tertiary/aromatic N) is 4. The molecule has 3 aromatic heterocycles. The van der Waals surface area contributed by atoms with Gasteiger partial charge in [-0.3, -0.25) is 4.79 Å². The van der Waals surface area contributed by atoms with Gasteiger partial charge in [-0.25, -0.2) is 8.97 Å². The van der Waals surface area contributed by atoms with Crippen LogP contribution in [0.5, 0.6) is 0 Å². The van der Waals surface area contributed by atoms with Crippen molar-refractivity contribution in [3.05, 3.63) is 51.1 Å². The lowest BCUT2D eigenvalue weighted by Gasteiger charge is -2.11. The first-order chi connectivity index (χ1) is 12.3. The summed E-state index contributed by atoms with van der Waals surface area (Å²) in [5.74, 6) is 0.589. The fourth-order valence-corrected chi connectivity index (χ4v) is 5.57. The second kappa shape index (κ2) is 5.71. The van der Waals surface area contributed by atoms with Gasteiger partial charge < -0.3 is 0 Å². The molecule has 0 unspecified atom stereocenters. The van der Waals surface area contributed by atoms with Gasteiger partial charge in [0.05, 0.1) is 11.1 Å². The summed E-state index contributed by atoms with van der Waals surface area (Å²) in [6, 6.07) is 9.72. The van der Waals surface area contributed by atoms with E-state index in [2.05, 4.69) is 14.6 Å². The summed E-state index contributed by atoms with van der Waals surface area (Å²) in [4.78, 5) is 15.8. The van der Waals surface area contributed by atoms with E-state index in [1.807, 2.05) is 36.6 Å². The van der Waals surface area contributed by atoms with Gasteiger partial charge in [0.1, 0.15) is 4.83 Å². The molecule has 3 heterocycles. The van der Waals surface area contributed by atoms with Crippen LogP contribution >= 0.6 is 23.1 Å². The minimum atomic E-state index is 0.0214. The molecule has 126 valence electrons. The van der Waals surface area contributed by atoms with Gasteiger partial charge in [0.25, 0.3) is 5.56 Å². The van der Waals surface area contributed by atoms with E-state index in [9.17, 15) is 4.79 Å². The second-order valence-corrected chi connectivity index (χ2v) is 8.05. The van der Waals surface area contributed by atoms with Gasteiger partial charge >= 0.3 is 0 Å². The molecule has 0 atom stereocenters. The lowest BCUT2D eigenvalue weighted by Crippen LogP contribution is -2.22. The number of hydrogen-bond acceptors (Lipinski definition) is 5. The maximum atomic E-state index is 13.5. The topological polar surface area (TPSA) is 52.2 Å². The molecule has 0 amide bonds. The molecule has 7 heteroatoms. The van der Waals surface area contributed by atoms with Gasteiger partial charge in [-0.15, -0.1) is 21.5 Å². The molecule has 0 N–H and O–H groups in total. The van der Waals surface area contributed by atoms with Gasteiger partial charge in [-0.2, -0.15) is 0 Å². The fraction of sp³-hybridized carbons (Fsp3) is 0.278. The molecular formula is C18H16N4OS2. The van der Waals surface area contributed by atoms with Crippen molar-refractivity contribution in [3.8, 4) is 5.69 Å². The summed E-state index contributed by atoms with van der Waals surface area (Å²) in [6.07, 6.45) is 6.40. The predicted molar refractivity (Wildman–Crippen MR) is 102 cm³/mol. The molecule has 25 heavy (non-hydrogen) atoms. The number of benzene rings is 1. The van der Waals surface area contributed by atoms with Crippen LogP contribution in [0.15, 0.2) is 40.3 Å². The summed E-state index contributed by atoms with van der Waals surface area (Å²) in [5, 5.41) is 10.3. The highest BCUT2D eigenvalue weighted by Crippen LogP contribution is 2.36. The summed E-state index contributed by atoms with van der Waals surface area (Å²) in [6.45, 7) is 0. The zero-order chi connectivity index (χ0) is 17.0. The molecule has 4 aromatic rings. The number of para-hydroxylation sites is 1. The number of fused-ring (bicyclic) bond motifs is 5. The molecule has 0 radical (unpaired) electrons. The number of hydrogen-bond donors (Lipinski definition) is 0. The van der Waals surface area contributed by atoms with Crippen molar-refractivity contribution in [2.24, 2.45) is 0 Å². The quantitative estimate of drug-likeness (QED) is 0.506. The van der Waals surface area contributed by atoms with E-state index in [4.69, 9.17) is 0 Å². The summed E-state index contributed by atoms with van der Waals surface area (Å²) >= 11 is 3.29. The Morgan fingerprint density at radius 2 is 1.92 bits per heavy atom. The predicted octanol–water partition coefficient (Wildman–Crippen LogP) is 3.70. The molecule has 0 spiro atoms. The van der Waals surface area contributed by atoms with Gasteiger partial charge in [-0.1, -0.05) is 30.0 Å². The first-order valence-corrected chi connectivity index (χ1v) is 10.4. The third kappa shape index (κ3) is 2.12. The highest BCUT2D eigenvalue weighted by Gasteiger charge is 2.25. The SMILES string of the molecule is CSc1nnc2n(-c3ccccc3)c(=O)c3c4c(sc3n12)CCCC4. The summed E-state index contributed by atoms with van der Waals surface area (Å²) < 4.78 is 3.76. The van der Waals surface area contributed by atoms with Gasteiger partial charge in [-0.05, 0) is 49.6 Å². The van der Waals surface area contributed by atoms with Crippen LogP contribution in [0.4, 0.5) is 0 Å². The third-order valence-corrected chi connectivity index (χ3v) is 6.69. The minimum absolute atomic E-state index is 0.0214. The van der Waals surface area contributed by atoms with Crippen molar-refractivity contribution in [1.82, 2.24) is 19.2 Å². The van der Waals surface area contributed by atoms with E-state index in [1.54, 1.807) is 27.7 Å². The van der Waals surface area contributed by atoms with Crippen LogP contribution in [0.25, 0.3) is 21.7 Å². The maximum absolute atomic E-state index is 13.5. The molecule has 5 nitrogen and oxygen atoms in total. The van der Waals surface area contributed by atoms with Crippen LogP contribution in [0.1, 0.15) is 23.3 Å². The Hall–Kier alpha value is -2.12. The van der Waals surface area contributed by atoms with E-state index in [1.165, 1.54) is 16.9 Å². The van der Waals surface area contributed by atoms with Crippen molar-refractivity contribution in [3.63, 3.8) is 0 Å². The largest absolute Gasteiger partial charge is 0.268 e. The van der Waals surface area contributed by atoms with Crippen LogP contribution in [0.3, 0.4) is 0 Å². The second-order valence-electron chi connectivity index (χ2n) is 6.19. The van der Waals surface area contributed by atoms with Crippen LogP contribution < -0.4 is 5.56 Å². The van der Waals surface area contributed by atoms with E-state index >= 15 is 0 Å². The van der Waals surface area contributed by atoms with Crippen molar-refractivity contribution in [2.45, 2.75) is 30.8 Å². The van der Waals surface area contributed by atoms with E-state index in [0.717, 1.165) is 40.3 Å². The van der Waals surface area contributed by atoms with Crippen LogP contribution in [-0.4, -0.2) is 25.4 Å². The molecule has 1 aliphatic rings. The van der Waals surface area contributed by atoms with Crippen LogP contribution in [-0.2, 0) is 12.8 Å². The molecule has 0 bridgehead atoms. The Morgan fingerprint density at radius 1 is 1.12 bits per heavy atom. The average Bonchev–Trinajstić information content (AvgIpc) is 3.24. The molecule has 0 saturated heterocycles. The van der Waals surface area contributed by atoms with Gasteiger partial charge in [0.15, 0.2) is 5.16 Å². The first-order valence-electron chi connectivity index (χ1n) is 8.33. The van der Waals surface area contributed by atoms with Crippen molar-refractivity contribution in [1.29, 1.82) is 0 Å². The number of aryl methyl sites for hydroxylation is 2. The first kappa shape index (κ1) is 15.2. The summed E-state index contributed by atoms with van der Waals surface area (Å²) in [5.41, 5.74) is 2.09. The molecule has 1 aromatic carbocycles. The molecular weight excluding hydrogens is 352 g/mol. The van der Waals surface area contributed by atoms with E-state index in [-0.39, 0.29) is 5.56 Å². The minimum Gasteiger partial charge on any atom is -0.268 e. The third-order valence-electron chi connectivity index (χ3n) is 4.79. The van der Waals surface area contributed by atoms with E-state index < -0.39 is 0 Å². The number of thiophene rings is 1. The summed E-state index contributed by atoms with van der Waals surface area (Å²) in [7, 11) is 0. The Morgan fingerprint density at radius 3 is 2.72 bits per heavy atom. The van der Waals surface area contributed by atoms with Crippen LogP contribution in [0, 0.1) is 0 Å². The fourth-order valence-electron chi connectivity index (χ4n) is 3.66. The number of aromatic nitrogens is 4. The molecule has 0 fully saturated rings. The average molecular weight is 368 g/mol. The Bertz CT molecular complexity index is 1160. The van der Waals surface area contributed by atoms with E-state index in [0.29, 0.717) is 5.78 Å². The van der Waals surface area contributed by atoms with Crippen molar-refractivity contribution in [2.75, 3.05) is 6.26 Å². The smallest absolute Gasteiger partial charge is 0.268 e.